The van der Waals surface area contributed by atoms with Gasteiger partial charge in [-0.25, -0.2) is 4.79 Å². The van der Waals surface area contributed by atoms with Crippen molar-refractivity contribution in [2.75, 3.05) is 12.4 Å². The molecule has 0 aliphatic heterocycles. The number of ether oxygens (including phenoxy) is 1. The molecule has 1 aromatic heterocycles. The number of aromatic nitrogens is 2. The van der Waals surface area contributed by atoms with Gasteiger partial charge in [0.1, 0.15) is 5.75 Å². The van der Waals surface area contributed by atoms with Crippen LogP contribution < -0.4 is 21.1 Å². The maximum Gasteiger partial charge on any atom is 0.319 e. The lowest BCUT2D eigenvalue weighted by Gasteiger charge is -2.17. The van der Waals surface area contributed by atoms with Gasteiger partial charge in [-0.3, -0.25) is 9.48 Å². The quantitative estimate of drug-likeness (QED) is 0.770. The molecule has 1 unspecified atom stereocenters. The summed E-state index contributed by atoms with van der Waals surface area (Å²) in [5.41, 5.74) is 8.74. The van der Waals surface area contributed by atoms with Crippen LogP contribution in [0.4, 0.5) is 10.5 Å². The number of primary amides is 1. The first kappa shape index (κ1) is 18.3. The first-order valence-corrected chi connectivity index (χ1v) is 7.80. The third kappa shape index (κ3) is 3.90. The summed E-state index contributed by atoms with van der Waals surface area (Å²) in [6.07, 6.45) is 0. The van der Waals surface area contributed by atoms with Crippen molar-refractivity contribution >= 4 is 17.6 Å². The monoisotopic (exact) mass is 345 g/mol. The van der Waals surface area contributed by atoms with Crippen molar-refractivity contribution in [1.29, 1.82) is 0 Å². The van der Waals surface area contributed by atoms with Crippen LogP contribution in [0.5, 0.6) is 5.75 Å². The highest BCUT2D eigenvalue weighted by molar-refractivity contribution is 5.97. The number of methoxy groups -OCH3 is 1. The molecule has 0 radical (unpaired) electrons. The van der Waals surface area contributed by atoms with Crippen LogP contribution in [0.15, 0.2) is 18.2 Å². The molecule has 8 nitrogen and oxygen atoms in total. The van der Waals surface area contributed by atoms with Crippen LogP contribution in [-0.4, -0.2) is 28.8 Å². The number of amides is 3. The van der Waals surface area contributed by atoms with Gasteiger partial charge < -0.3 is 21.1 Å². The zero-order chi connectivity index (χ0) is 18.7. The number of nitrogens with zero attached hydrogens (tertiary/aromatic N) is 2. The molecule has 1 heterocycles. The van der Waals surface area contributed by atoms with E-state index in [1.54, 1.807) is 10.7 Å². The fraction of sp³-hybridized carbons (Fsp3) is 0.353. The molecule has 0 aliphatic rings. The Morgan fingerprint density at radius 3 is 2.52 bits per heavy atom. The zero-order valence-corrected chi connectivity index (χ0v) is 15.0. The summed E-state index contributed by atoms with van der Waals surface area (Å²) in [5, 5.41) is 9.91. The molecule has 1 atom stereocenters. The third-order valence-corrected chi connectivity index (χ3v) is 4.08. The lowest BCUT2D eigenvalue weighted by molar-refractivity contribution is 0.1000. The van der Waals surface area contributed by atoms with Crippen molar-refractivity contribution < 1.29 is 14.3 Å². The molecule has 2 aromatic rings. The Bertz CT molecular complexity index is 813. The number of urea groups is 1. The zero-order valence-electron chi connectivity index (χ0n) is 15.0. The summed E-state index contributed by atoms with van der Waals surface area (Å²) < 4.78 is 6.98. The molecular weight excluding hydrogens is 322 g/mol. The number of carbonyl (C=O) groups excluding carboxylic acids is 2. The summed E-state index contributed by atoms with van der Waals surface area (Å²) in [6, 6.07) is 3.93. The molecule has 0 aliphatic carbocycles. The molecule has 0 saturated carbocycles. The molecule has 0 spiro atoms. The highest BCUT2D eigenvalue weighted by Crippen LogP contribution is 2.26. The smallest absolute Gasteiger partial charge is 0.319 e. The number of rotatable bonds is 5. The van der Waals surface area contributed by atoms with Gasteiger partial charge in [-0.05, 0) is 39.0 Å². The van der Waals surface area contributed by atoms with E-state index in [1.165, 1.54) is 19.2 Å². The van der Waals surface area contributed by atoms with Gasteiger partial charge in [0, 0.05) is 23.9 Å². The largest absolute Gasteiger partial charge is 0.495 e. The van der Waals surface area contributed by atoms with Crippen LogP contribution in [0, 0.1) is 13.8 Å². The molecule has 2 rings (SSSR count). The van der Waals surface area contributed by atoms with Crippen LogP contribution in [0.3, 0.4) is 0 Å². The lowest BCUT2D eigenvalue weighted by atomic mass is 10.1. The van der Waals surface area contributed by atoms with E-state index in [-0.39, 0.29) is 11.6 Å². The van der Waals surface area contributed by atoms with Gasteiger partial charge >= 0.3 is 6.03 Å². The Kier molecular flexibility index (Phi) is 5.31. The number of nitrogens with two attached hydrogens (primary N) is 1. The fourth-order valence-electron chi connectivity index (χ4n) is 2.80. The molecule has 8 heteroatoms. The molecule has 0 bridgehead atoms. The molecule has 0 fully saturated rings. The maximum absolute atomic E-state index is 12.4. The van der Waals surface area contributed by atoms with Gasteiger partial charge in [0.15, 0.2) is 0 Å². The van der Waals surface area contributed by atoms with Crippen molar-refractivity contribution in [3.8, 4) is 5.75 Å². The Labute approximate surface area is 146 Å². The predicted octanol–water partition coefficient (Wildman–Crippen LogP) is 2.03. The van der Waals surface area contributed by atoms with Gasteiger partial charge in [0.05, 0.1) is 24.5 Å². The summed E-state index contributed by atoms with van der Waals surface area (Å²) in [5.74, 6) is -0.150. The Morgan fingerprint density at radius 2 is 2.00 bits per heavy atom. The van der Waals surface area contributed by atoms with Gasteiger partial charge in [-0.15, -0.1) is 0 Å². The van der Waals surface area contributed by atoms with E-state index in [9.17, 15) is 9.59 Å². The summed E-state index contributed by atoms with van der Waals surface area (Å²) in [6.45, 7) is 5.73. The maximum atomic E-state index is 12.4. The number of nitrogens with one attached hydrogen (secondary N) is 2. The van der Waals surface area contributed by atoms with E-state index in [2.05, 4.69) is 15.7 Å². The van der Waals surface area contributed by atoms with E-state index in [0.29, 0.717) is 11.4 Å². The van der Waals surface area contributed by atoms with Crippen molar-refractivity contribution in [2.45, 2.75) is 26.8 Å². The number of carbonyl (C=O) groups is 2. The second kappa shape index (κ2) is 7.25. The second-order valence-corrected chi connectivity index (χ2v) is 5.81. The standard InChI is InChI=1S/C17H23N5O3/c1-9(15-10(2)21-22(4)11(15)3)19-17(24)20-13-8-12(16(18)23)6-7-14(13)25-5/h6-9H,1-5H3,(H2,18,23)(H2,19,20,24). The predicted molar refractivity (Wildman–Crippen MR) is 94.8 cm³/mol. The highest BCUT2D eigenvalue weighted by Gasteiger charge is 2.19. The minimum atomic E-state index is -0.582. The normalized spacial score (nSPS) is 11.7. The number of anilines is 1. The van der Waals surface area contributed by atoms with Crippen LogP contribution in [0.2, 0.25) is 0 Å². The summed E-state index contributed by atoms with van der Waals surface area (Å²) >= 11 is 0. The highest BCUT2D eigenvalue weighted by atomic mass is 16.5. The van der Waals surface area contributed by atoms with Crippen molar-refractivity contribution in [3.63, 3.8) is 0 Å². The van der Waals surface area contributed by atoms with Crippen LogP contribution in [-0.2, 0) is 7.05 Å². The topological polar surface area (TPSA) is 111 Å². The second-order valence-electron chi connectivity index (χ2n) is 5.81. The molecular formula is C17H23N5O3. The first-order chi connectivity index (χ1) is 11.7. The first-order valence-electron chi connectivity index (χ1n) is 7.80. The average molecular weight is 345 g/mol. The van der Waals surface area contributed by atoms with Crippen LogP contribution in [0.25, 0.3) is 0 Å². The van der Waals surface area contributed by atoms with Gasteiger partial charge in [0.25, 0.3) is 0 Å². The van der Waals surface area contributed by atoms with Gasteiger partial charge in [-0.1, -0.05) is 0 Å². The van der Waals surface area contributed by atoms with E-state index < -0.39 is 11.9 Å². The Morgan fingerprint density at radius 1 is 1.32 bits per heavy atom. The lowest BCUT2D eigenvalue weighted by Crippen LogP contribution is -2.32. The SMILES string of the molecule is COc1ccc(C(N)=O)cc1NC(=O)NC(C)c1c(C)nn(C)c1C. The molecule has 25 heavy (non-hydrogen) atoms. The third-order valence-electron chi connectivity index (χ3n) is 4.08. The minimum Gasteiger partial charge on any atom is -0.495 e. The van der Waals surface area contributed by atoms with E-state index in [4.69, 9.17) is 10.5 Å². The van der Waals surface area contributed by atoms with Crippen molar-refractivity contribution in [2.24, 2.45) is 12.8 Å². The summed E-state index contributed by atoms with van der Waals surface area (Å²) in [7, 11) is 3.34. The summed E-state index contributed by atoms with van der Waals surface area (Å²) in [4.78, 5) is 23.7. The number of hydrogen-bond acceptors (Lipinski definition) is 4. The van der Waals surface area contributed by atoms with E-state index >= 15 is 0 Å². The molecule has 1 aromatic carbocycles. The fourth-order valence-corrected chi connectivity index (χ4v) is 2.80. The average Bonchev–Trinajstić information content (AvgIpc) is 2.79. The van der Waals surface area contributed by atoms with Crippen molar-refractivity contribution in [1.82, 2.24) is 15.1 Å². The molecule has 134 valence electrons. The number of benzene rings is 1. The minimum absolute atomic E-state index is 0.237. The van der Waals surface area contributed by atoms with Gasteiger partial charge in [-0.2, -0.15) is 5.10 Å². The molecule has 3 amide bonds. The van der Waals surface area contributed by atoms with Crippen LogP contribution in [0.1, 0.15) is 40.3 Å². The van der Waals surface area contributed by atoms with E-state index in [1.807, 2.05) is 27.8 Å². The van der Waals surface area contributed by atoms with Crippen LogP contribution >= 0.6 is 0 Å². The molecule has 4 N–H and O–H groups in total. The number of hydrogen-bond donors (Lipinski definition) is 3. The molecule has 0 saturated heterocycles. The van der Waals surface area contributed by atoms with E-state index in [0.717, 1.165) is 17.0 Å². The Hall–Kier alpha value is -3.03. The Balaban J connectivity index is 2.17. The number of aryl methyl sites for hydroxylation is 2. The van der Waals surface area contributed by atoms with Gasteiger partial charge in [0.2, 0.25) is 5.91 Å². The van der Waals surface area contributed by atoms with Crippen molar-refractivity contribution in [3.05, 3.63) is 40.7 Å².